The molecule has 1 unspecified atom stereocenters. The lowest BCUT2D eigenvalue weighted by molar-refractivity contribution is -0.133. The maximum absolute atomic E-state index is 12.4. The monoisotopic (exact) mass is 289 g/mol. The number of hydrogen-bond acceptors (Lipinski definition) is 2. The zero-order valence-corrected chi connectivity index (χ0v) is 13.5. The van der Waals surface area contributed by atoms with Crippen molar-refractivity contribution < 1.29 is 9.53 Å². The van der Waals surface area contributed by atoms with Crippen LogP contribution in [-0.4, -0.2) is 30.6 Å². The number of hydrogen-bond donors (Lipinski definition) is 0. The smallest absolute Gasteiger partial charge is 0.225 e. The molecule has 3 heteroatoms. The third-order valence-electron chi connectivity index (χ3n) is 4.03. The number of rotatable bonds is 6. The number of benzene rings is 1. The van der Waals surface area contributed by atoms with Crippen LogP contribution in [0, 0.1) is 12.8 Å². The molecule has 0 spiro atoms. The molecule has 0 aromatic heterocycles. The Kier molecular flexibility index (Phi) is 5.80. The lowest BCUT2D eigenvalue weighted by atomic mass is 9.99. The van der Waals surface area contributed by atoms with Crippen LogP contribution in [0.2, 0.25) is 0 Å². The van der Waals surface area contributed by atoms with Gasteiger partial charge in [0.15, 0.2) is 0 Å². The summed E-state index contributed by atoms with van der Waals surface area (Å²) >= 11 is 0. The number of aryl methyl sites for hydroxylation is 1. The first kappa shape index (κ1) is 16.0. The van der Waals surface area contributed by atoms with Crippen LogP contribution in [-0.2, 0) is 9.53 Å². The maximum Gasteiger partial charge on any atom is 0.225 e. The third-order valence-corrected chi connectivity index (χ3v) is 4.03. The molecule has 0 bridgehead atoms. The van der Waals surface area contributed by atoms with E-state index in [-0.39, 0.29) is 11.9 Å². The fourth-order valence-electron chi connectivity index (χ4n) is 2.97. The molecular formula is C18H27NO2. The van der Waals surface area contributed by atoms with E-state index in [4.69, 9.17) is 4.74 Å². The number of ether oxygens (including phenoxy) is 1. The molecule has 1 atom stereocenters. The highest BCUT2D eigenvalue weighted by Crippen LogP contribution is 2.33. The highest BCUT2D eigenvalue weighted by atomic mass is 16.5. The standard InChI is InChI=1S/C18H27NO2/c1-14(2)13-21-12-10-18(20)19-11-6-9-17(19)16-8-5-4-7-15(16)3/h4-5,7-8,14,17H,6,9-13H2,1-3H3. The molecule has 1 aromatic carbocycles. The van der Waals surface area contributed by atoms with Gasteiger partial charge in [-0.05, 0) is 36.8 Å². The van der Waals surface area contributed by atoms with Gasteiger partial charge in [0.25, 0.3) is 0 Å². The van der Waals surface area contributed by atoms with Crippen molar-refractivity contribution in [2.75, 3.05) is 19.8 Å². The van der Waals surface area contributed by atoms with Gasteiger partial charge < -0.3 is 9.64 Å². The van der Waals surface area contributed by atoms with E-state index in [1.54, 1.807) is 0 Å². The molecule has 0 radical (unpaired) electrons. The molecule has 1 heterocycles. The first-order valence-electron chi connectivity index (χ1n) is 8.02. The Bertz CT molecular complexity index is 470. The molecule has 1 aliphatic rings. The van der Waals surface area contributed by atoms with Crippen molar-refractivity contribution >= 4 is 5.91 Å². The first-order chi connectivity index (χ1) is 10.1. The zero-order chi connectivity index (χ0) is 15.2. The fourth-order valence-corrected chi connectivity index (χ4v) is 2.97. The molecule has 1 aliphatic heterocycles. The Balaban J connectivity index is 1.92. The van der Waals surface area contributed by atoms with Crippen LogP contribution in [0.5, 0.6) is 0 Å². The van der Waals surface area contributed by atoms with Gasteiger partial charge in [0.1, 0.15) is 0 Å². The summed E-state index contributed by atoms with van der Waals surface area (Å²) in [6.07, 6.45) is 2.66. The number of nitrogens with zero attached hydrogens (tertiary/aromatic N) is 1. The van der Waals surface area contributed by atoms with Gasteiger partial charge in [-0.3, -0.25) is 4.79 Å². The topological polar surface area (TPSA) is 29.5 Å². The van der Waals surface area contributed by atoms with Crippen molar-refractivity contribution in [1.82, 2.24) is 4.90 Å². The average Bonchev–Trinajstić information content (AvgIpc) is 2.93. The van der Waals surface area contributed by atoms with Crippen LogP contribution < -0.4 is 0 Å². The SMILES string of the molecule is Cc1ccccc1C1CCCN1C(=O)CCOCC(C)C. The molecular weight excluding hydrogens is 262 g/mol. The summed E-state index contributed by atoms with van der Waals surface area (Å²) in [6, 6.07) is 8.65. The summed E-state index contributed by atoms with van der Waals surface area (Å²) < 4.78 is 5.54. The molecule has 116 valence electrons. The predicted octanol–water partition coefficient (Wildman–Crippen LogP) is 3.72. The van der Waals surface area contributed by atoms with Gasteiger partial charge >= 0.3 is 0 Å². The minimum atomic E-state index is 0.226. The average molecular weight is 289 g/mol. The van der Waals surface area contributed by atoms with E-state index < -0.39 is 0 Å². The molecule has 3 nitrogen and oxygen atoms in total. The van der Waals surface area contributed by atoms with Gasteiger partial charge in [0, 0.05) is 13.2 Å². The summed E-state index contributed by atoms with van der Waals surface area (Å²) in [5.74, 6) is 0.746. The van der Waals surface area contributed by atoms with Crippen LogP contribution in [0.4, 0.5) is 0 Å². The molecule has 0 aliphatic carbocycles. The van der Waals surface area contributed by atoms with E-state index in [1.807, 2.05) is 4.90 Å². The molecule has 0 N–H and O–H groups in total. The summed E-state index contributed by atoms with van der Waals surface area (Å²) in [6.45, 7) is 8.51. The molecule has 1 saturated heterocycles. The zero-order valence-electron chi connectivity index (χ0n) is 13.5. The Labute approximate surface area is 128 Å². The lowest BCUT2D eigenvalue weighted by Crippen LogP contribution is -2.31. The second-order valence-electron chi connectivity index (χ2n) is 6.32. The van der Waals surface area contributed by atoms with Crippen LogP contribution >= 0.6 is 0 Å². The Hall–Kier alpha value is -1.35. The lowest BCUT2D eigenvalue weighted by Gasteiger charge is -2.26. The predicted molar refractivity (Wildman–Crippen MR) is 85.1 cm³/mol. The van der Waals surface area contributed by atoms with Gasteiger partial charge in [-0.2, -0.15) is 0 Å². The van der Waals surface area contributed by atoms with Crippen molar-refractivity contribution in [3.63, 3.8) is 0 Å². The normalized spacial score (nSPS) is 18.5. The minimum absolute atomic E-state index is 0.226. The van der Waals surface area contributed by atoms with Gasteiger partial charge in [0.05, 0.1) is 19.1 Å². The van der Waals surface area contributed by atoms with E-state index in [0.717, 1.165) is 26.0 Å². The van der Waals surface area contributed by atoms with Crippen LogP contribution in [0.15, 0.2) is 24.3 Å². The van der Waals surface area contributed by atoms with Crippen molar-refractivity contribution in [3.05, 3.63) is 35.4 Å². The van der Waals surface area contributed by atoms with Crippen molar-refractivity contribution in [2.24, 2.45) is 5.92 Å². The third kappa shape index (κ3) is 4.31. The quantitative estimate of drug-likeness (QED) is 0.747. The largest absolute Gasteiger partial charge is 0.381 e. The van der Waals surface area contributed by atoms with Gasteiger partial charge in [-0.25, -0.2) is 0 Å². The van der Waals surface area contributed by atoms with Crippen LogP contribution in [0.1, 0.15) is 50.3 Å². The fraction of sp³-hybridized carbons (Fsp3) is 0.611. The van der Waals surface area contributed by atoms with Gasteiger partial charge in [0.2, 0.25) is 5.91 Å². The highest BCUT2D eigenvalue weighted by molar-refractivity contribution is 5.77. The number of amides is 1. The van der Waals surface area contributed by atoms with Crippen LogP contribution in [0.3, 0.4) is 0 Å². The Morgan fingerprint density at radius 3 is 2.86 bits per heavy atom. The summed E-state index contributed by atoms with van der Waals surface area (Å²) in [5.41, 5.74) is 2.57. The Morgan fingerprint density at radius 1 is 1.38 bits per heavy atom. The van der Waals surface area contributed by atoms with Gasteiger partial charge in [-0.1, -0.05) is 38.1 Å². The summed E-state index contributed by atoms with van der Waals surface area (Å²) in [5, 5.41) is 0. The second-order valence-corrected chi connectivity index (χ2v) is 6.32. The number of carbonyl (C=O) groups excluding carboxylic acids is 1. The minimum Gasteiger partial charge on any atom is -0.381 e. The highest BCUT2D eigenvalue weighted by Gasteiger charge is 2.30. The van der Waals surface area contributed by atoms with E-state index in [1.165, 1.54) is 11.1 Å². The molecule has 1 fully saturated rings. The van der Waals surface area contributed by atoms with Crippen LogP contribution in [0.25, 0.3) is 0 Å². The number of carbonyl (C=O) groups is 1. The van der Waals surface area contributed by atoms with Crippen molar-refractivity contribution in [3.8, 4) is 0 Å². The second kappa shape index (κ2) is 7.60. The van der Waals surface area contributed by atoms with E-state index in [2.05, 4.69) is 45.0 Å². The van der Waals surface area contributed by atoms with Gasteiger partial charge in [-0.15, -0.1) is 0 Å². The molecule has 0 saturated carbocycles. The Morgan fingerprint density at radius 2 is 2.14 bits per heavy atom. The molecule has 21 heavy (non-hydrogen) atoms. The van der Waals surface area contributed by atoms with Crippen molar-refractivity contribution in [1.29, 1.82) is 0 Å². The summed E-state index contributed by atoms with van der Waals surface area (Å²) in [4.78, 5) is 14.5. The maximum atomic E-state index is 12.4. The summed E-state index contributed by atoms with van der Waals surface area (Å²) in [7, 11) is 0. The van der Waals surface area contributed by atoms with E-state index in [0.29, 0.717) is 18.9 Å². The molecule has 1 amide bonds. The first-order valence-corrected chi connectivity index (χ1v) is 8.02. The van der Waals surface area contributed by atoms with Crippen molar-refractivity contribution in [2.45, 2.75) is 46.1 Å². The van der Waals surface area contributed by atoms with E-state index >= 15 is 0 Å². The number of likely N-dealkylation sites (tertiary alicyclic amines) is 1. The molecule has 2 rings (SSSR count). The molecule has 1 aromatic rings. The van der Waals surface area contributed by atoms with E-state index in [9.17, 15) is 4.79 Å².